The third-order valence-electron chi connectivity index (χ3n) is 3.34. The molecular formula is C17H23N3O3. The minimum absolute atomic E-state index is 0.184. The zero-order valence-corrected chi connectivity index (χ0v) is 13.7. The average Bonchev–Trinajstić information content (AvgIpc) is 3.07. The first-order valence-electron chi connectivity index (χ1n) is 7.78. The molecule has 0 unspecified atom stereocenters. The van der Waals surface area contributed by atoms with Crippen LogP contribution in [-0.2, 0) is 16.0 Å². The Balaban J connectivity index is 2.02. The number of nitrogens with zero attached hydrogens (tertiary/aromatic N) is 2. The van der Waals surface area contributed by atoms with Crippen molar-refractivity contribution in [3.63, 3.8) is 0 Å². The molecule has 1 N–H and O–H groups in total. The number of carbonyl (C=O) groups is 1. The predicted octanol–water partition coefficient (Wildman–Crippen LogP) is 2.53. The van der Waals surface area contributed by atoms with Crippen molar-refractivity contribution in [2.75, 3.05) is 6.61 Å². The lowest BCUT2D eigenvalue weighted by atomic mass is 10.1. The van der Waals surface area contributed by atoms with E-state index < -0.39 is 6.10 Å². The Morgan fingerprint density at radius 3 is 2.61 bits per heavy atom. The van der Waals surface area contributed by atoms with E-state index in [0.717, 1.165) is 5.56 Å². The van der Waals surface area contributed by atoms with Gasteiger partial charge in [0.25, 0.3) is 0 Å². The van der Waals surface area contributed by atoms with Gasteiger partial charge in [-0.2, -0.15) is 4.98 Å². The molecule has 1 heterocycles. The van der Waals surface area contributed by atoms with E-state index in [1.165, 1.54) is 6.39 Å². The zero-order valence-electron chi connectivity index (χ0n) is 13.7. The summed E-state index contributed by atoms with van der Waals surface area (Å²) in [6, 6.07) is 9.51. The molecule has 0 saturated carbocycles. The van der Waals surface area contributed by atoms with Gasteiger partial charge in [0.2, 0.25) is 12.3 Å². The van der Waals surface area contributed by atoms with Gasteiger partial charge in [0.05, 0.1) is 6.04 Å². The Bertz CT molecular complexity index is 584. The molecule has 0 radical (unpaired) electrons. The fourth-order valence-electron chi connectivity index (χ4n) is 2.09. The van der Waals surface area contributed by atoms with E-state index in [0.29, 0.717) is 24.8 Å². The molecule has 0 aliphatic rings. The molecule has 124 valence electrons. The molecule has 6 nitrogen and oxygen atoms in total. The summed E-state index contributed by atoms with van der Waals surface area (Å²) in [6.45, 7) is 6.37. The maximum absolute atomic E-state index is 12.3. The summed E-state index contributed by atoms with van der Waals surface area (Å²) in [6.07, 6.45) is 1.32. The van der Waals surface area contributed by atoms with Crippen molar-refractivity contribution in [3.05, 3.63) is 48.1 Å². The van der Waals surface area contributed by atoms with Crippen LogP contribution in [0.1, 0.15) is 38.2 Å². The molecule has 23 heavy (non-hydrogen) atoms. The van der Waals surface area contributed by atoms with Crippen LogP contribution in [0.4, 0.5) is 0 Å². The third kappa shape index (κ3) is 5.49. The number of aromatic nitrogens is 2. The van der Waals surface area contributed by atoms with E-state index >= 15 is 0 Å². The molecule has 0 aliphatic heterocycles. The average molecular weight is 317 g/mol. The van der Waals surface area contributed by atoms with Crippen LogP contribution >= 0.6 is 0 Å². The molecule has 0 saturated heterocycles. The lowest BCUT2D eigenvalue weighted by Gasteiger charge is -2.19. The molecule has 2 aromatic rings. The molecule has 0 fully saturated rings. The number of hydrogen-bond acceptors (Lipinski definition) is 5. The molecule has 6 heteroatoms. The summed E-state index contributed by atoms with van der Waals surface area (Å²) in [4.78, 5) is 16.4. The Morgan fingerprint density at radius 1 is 1.26 bits per heavy atom. The van der Waals surface area contributed by atoms with Crippen LogP contribution in [0.25, 0.3) is 0 Å². The van der Waals surface area contributed by atoms with Crippen molar-refractivity contribution in [1.29, 1.82) is 0 Å². The molecule has 2 atom stereocenters. The molecule has 2 rings (SSSR count). The van der Waals surface area contributed by atoms with E-state index in [1.54, 1.807) is 6.92 Å². The highest BCUT2D eigenvalue weighted by molar-refractivity contribution is 5.80. The summed E-state index contributed by atoms with van der Waals surface area (Å²) >= 11 is 0. The number of nitrogens with one attached hydrogen (secondary N) is 1. The molecular weight excluding hydrogens is 294 g/mol. The number of ether oxygens (including phenoxy) is 1. The number of rotatable bonds is 8. The highest BCUT2D eigenvalue weighted by Crippen LogP contribution is 2.15. The van der Waals surface area contributed by atoms with Gasteiger partial charge < -0.3 is 14.6 Å². The Kier molecular flexibility index (Phi) is 6.29. The quantitative estimate of drug-likeness (QED) is 0.809. The zero-order chi connectivity index (χ0) is 16.7. The van der Waals surface area contributed by atoms with Crippen LogP contribution in [-0.4, -0.2) is 28.8 Å². The monoisotopic (exact) mass is 317 g/mol. The fraction of sp³-hybridized carbons (Fsp3) is 0.471. The van der Waals surface area contributed by atoms with Gasteiger partial charge >= 0.3 is 0 Å². The topological polar surface area (TPSA) is 77.2 Å². The van der Waals surface area contributed by atoms with Crippen LogP contribution in [0.2, 0.25) is 0 Å². The van der Waals surface area contributed by atoms with Crippen molar-refractivity contribution < 1.29 is 14.1 Å². The van der Waals surface area contributed by atoms with Crippen molar-refractivity contribution in [1.82, 2.24) is 15.5 Å². The first kappa shape index (κ1) is 17.1. The second-order valence-corrected chi connectivity index (χ2v) is 5.91. The van der Waals surface area contributed by atoms with Gasteiger partial charge in [0, 0.05) is 13.0 Å². The third-order valence-corrected chi connectivity index (χ3v) is 3.34. The molecule has 1 aromatic carbocycles. The summed E-state index contributed by atoms with van der Waals surface area (Å²) in [5.74, 6) is 0.650. The lowest BCUT2D eigenvalue weighted by molar-refractivity contribution is -0.133. The van der Waals surface area contributed by atoms with Gasteiger partial charge in [-0.3, -0.25) is 4.79 Å². The van der Waals surface area contributed by atoms with Gasteiger partial charge in [-0.15, -0.1) is 0 Å². The second-order valence-electron chi connectivity index (χ2n) is 5.91. The van der Waals surface area contributed by atoms with E-state index in [1.807, 2.05) is 44.2 Å². The Morgan fingerprint density at radius 2 is 2.00 bits per heavy atom. The van der Waals surface area contributed by atoms with Crippen LogP contribution in [0.3, 0.4) is 0 Å². The summed E-state index contributed by atoms with van der Waals surface area (Å²) < 4.78 is 10.4. The number of amides is 1. The van der Waals surface area contributed by atoms with Crippen LogP contribution in [0, 0.1) is 5.92 Å². The summed E-state index contributed by atoms with van der Waals surface area (Å²) in [5.41, 5.74) is 1.08. The van der Waals surface area contributed by atoms with E-state index in [4.69, 9.17) is 9.26 Å². The lowest BCUT2D eigenvalue weighted by Crippen LogP contribution is -2.38. The highest BCUT2D eigenvalue weighted by atomic mass is 16.5. The Labute approximate surface area is 136 Å². The molecule has 1 aromatic heterocycles. The van der Waals surface area contributed by atoms with E-state index in [-0.39, 0.29) is 11.9 Å². The second kappa shape index (κ2) is 8.43. The Hall–Kier alpha value is -2.21. The van der Waals surface area contributed by atoms with Gasteiger partial charge in [-0.25, -0.2) is 0 Å². The smallest absolute Gasteiger partial charge is 0.249 e. The maximum atomic E-state index is 12.3. The fourth-order valence-corrected chi connectivity index (χ4v) is 2.09. The molecule has 0 aliphatic carbocycles. The maximum Gasteiger partial charge on any atom is 0.249 e. The molecule has 1 amide bonds. The van der Waals surface area contributed by atoms with Crippen molar-refractivity contribution >= 4 is 5.91 Å². The first-order chi connectivity index (χ1) is 11.1. The highest BCUT2D eigenvalue weighted by Gasteiger charge is 2.23. The number of hydrogen-bond donors (Lipinski definition) is 1. The van der Waals surface area contributed by atoms with Gasteiger partial charge in [-0.1, -0.05) is 49.3 Å². The predicted molar refractivity (Wildman–Crippen MR) is 85.6 cm³/mol. The molecule has 0 bridgehead atoms. The molecule has 0 spiro atoms. The largest absolute Gasteiger partial charge is 0.368 e. The van der Waals surface area contributed by atoms with Crippen LogP contribution in [0.5, 0.6) is 0 Å². The minimum atomic E-state index is -0.525. The standard InChI is InChI=1S/C17H23N3O3/c1-12(2)10-22-13(3)17(21)19-15(16-18-11-23-20-16)9-14-7-5-4-6-8-14/h4-8,11-13,15H,9-10H2,1-3H3,(H,19,21)/t13-,15-/m0/s1. The van der Waals surface area contributed by atoms with Gasteiger partial charge in [0.1, 0.15) is 6.10 Å². The minimum Gasteiger partial charge on any atom is -0.368 e. The van der Waals surface area contributed by atoms with Crippen molar-refractivity contribution in [2.45, 2.75) is 39.3 Å². The van der Waals surface area contributed by atoms with E-state index in [2.05, 4.69) is 15.5 Å². The normalized spacial score (nSPS) is 13.7. The number of benzene rings is 1. The van der Waals surface area contributed by atoms with Crippen LogP contribution in [0.15, 0.2) is 41.2 Å². The van der Waals surface area contributed by atoms with Gasteiger partial charge in [-0.05, 0) is 18.4 Å². The van der Waals surface area contributed by atoms with Crippen molar-refractivity contribution in [2.24, 2.45) is 5.92 Å². The van der Waals surface area contributed by atoms with E-state index in [9.17, 15) is 4.79 Å². The van der Waals surface area contributed by atoms with Crippen LogP contribution < -0.4 is 5.32 Å². The first-order valence-corrected chi connectivity index (χ1v) is 7.78. The van der Waals surface area contributed by atoms with Crippen molar-refractivity contribution in [3.8, 4) is 0 Å². The number of carbonyl (C=O) groups excluding carboxylic acids is 1. The van der Waals surface area contributed by atoms with Gasteiger partial charge in [0.15, 0.2) is 5.82 Å². The summed E-state index contributed by atoms with van der Waals surface area (Å²) in [5, 5.41) is 6.80. The summed E-state index contributed by atoms with van der Waals surface area (Å²) in [7, 11) is 0. The SMILES string of the molecule is CC(C)CO[C@@H](C)C(=O)N[C@@H](Cc1ccccc1)c1ncon1.